The highest BCUT2D eigenvalue weighted by Gasteiger charge is 2.21. The first-order valence-corrected chi connectivity index (χ1v) is 12.8. The van der Waals surface area contributed by atoms with Gasteiger partial charge >= 0.3 is 12.1 Å². The molecule has 0 bridgehead atoms. The summed E-state index contributed by atoms with van der Waals surface area (Å²) in [4.78, 5) is 28.5. The van der Waals surface area contributed by atoms with Crippen molar-refractivity contribution in [3.63, 3.8) is 0 Å². The molecule has 0 atom stereocenters. The maximum atomic E-state index is 12.6. The molecule has 6 nitrogen and oxygen atoms in total. The third-order valence-corrected chi connectivity index (χ3v) is 5.78. The Morgan fingerprint density at radius 1 is 1.11 bits per heavy atom. The van der Waals surface area contributed by atoms with Gasteiger partial charge in [0.1, 0.15) is 5.60 Å². The second kappa shape index (κ2) is 12.0. The van der Waals surface area contributed by atoms with Crippen LogP contribution in [0.5, 0.6) is 0 Å². The molecular formula is C31H38N2O4. The second-order valence-corrected chi connectivity index (χ2v) is 10.8. The maximum absolute atomic E-state index is 12.6. The van der Waals surface area contributed by atoms with Gasteiger partial charge < -0.3 is 15.2 Å². The highest BCUT2D eigenvalue weighted by Crippen LogP contribution is 2.35. The van der Waals surface area contributed by atoms with Gasteiger partial charge in [0.05, 0.1) is 5.52 Å². The SMILES string of the molecule is Cc1ccc(-c2c(CNC(=O)OC(C)(C)C)c(CC(C)C)nc3ccc(/C=C\CCC(=O)O)cc23)cc1. The van der Waals surface area contributed by atoms with E-state index in [1.54, 1.807) is 0 Å². The monoisotopic (exact) mass is 502 g/mol. The van der Waals surface area contributed by atoms with Crippen LogP contribution in [-0.2, 0) is 22.5 Å². The number of aromatic nitrogens is 1. The van der Waals surface area contributed by atoms with Crippen molar-refractivity contribution in [1.82, 2.24) is 10.3 Å². The molecule has 37 heavy (non-hydrogen) atoms. The summed E-state index contributed by atoms with van der Waals surface area (Å²) < 4.78 is 5.50. The smallest absolute Gasteiger partial charge is 0.407 e. The van der Waals surface area contributed by atoms with Crippen molar-refractivity contribution < 1.29 is 19.4 Å². The van der Waals surface area contributed by atoms with Gasteiger partial charge in [-0.15, -0.1) is 0 Å². The molecule has 0 aliphatic carbocycles. The lowest BCUT2D eigenvalue weighted by Gasteiger charge is -2.22. The van der Waals surface area contributed by atoms with Crippen LogP contribution in [0.3, 0.4) is 0 Å². The number of allylic oxidation sites excluding steroid dienone is 1. The van der Waals surface area contributed by atoms with E-state index < -0.39 is 17.7 Å². The number of benzene rings is 2. The third-order valence-electron chi connectivity index (χ3n) is 5.78. The van der Waals surface area contributed by atoms with E-state index in [2.05, 4.69) is 56.4 Å². The van der Waals surface area contributed by atoms with Gasteiger partial charge in [0.25, 0.3) is 0 Å². The molecule has 3 aromatic rings. The molecule has 2 N–H and O–H groups in total. The molecule has 0 radical (unpaired) electrons. The molecule has 0 aliphatic heterocycles. The number of hydrogen-bond donors (Lipinski definition) is 2. The van der Waals surface area contributed by atoms with Gasteiger partial charge in [0, 0.05) is 29.6 Å². The Labute approximate surface area is 219 Å². The molecule has 196 valence electrons. The Hall–Kier alpha value is -3.67. The molecule has 0 saturated carbocycles. The number of rotatable bonds is 9. The zero-order valence-electron chi connectivity index (χ0n) is 22.7. The van der Waals surface area contributed by atoms with Gasteiger partial charge in [-0.1, -0.05) is 61.9 Å². The van der Waals surface area contributed by atoms with E-state index >= 15 is 0 Å². The summed E-state index contributed by atoms with van der Waals surface area (Å²) in [5, 5.41) is 12.9. The van der Waals surface area contributed by atoms with E-state index in [0.717, 1.165) is 45.3 Å². The van der Waals surface area contributed by atoms with Crippen LogP contribution < -0.4 is 5.32 Å². The summed E-state index contributed by atoms with van der Waals surface area (Å²) in [5.41, 5.74) is 6.45. The van der Waals surface area contributed by atoms with Crippen LogP contribution in [0.1, 0.15) is 69.8 Å². The Morgan fingerprint density at radius 2 is 1.81 bits per heavy atom. The van der Waals surface area contributed by atoms with E-state index in [4.69, 9.17) is 14.8 Å². The molecular weight excluding hydrogens is 464 g/mol. The number of carboxylic acid groups (broad SMARTS) is 1. The fourth-order valence-electron chi connectivity index (χ4n) is 4.17. The van der Waals surface area contributed by atoms with Crippen LogP contribution in [0.2, 0.25) is 0 Å². The van der Waals surface area contributed by atoms with Crippen LogP contribution in [-0.4, -0.2) is 27.8 Å². The third kappa shape index (κ3) is 8.17. The number of hydrogen-bond acceptors (Lipinski definition) is 4. The zero-order chi connectivity index (χ0) is 27.2. The molecule has 0 spiro atoms. The lowest BCUT2D eigenvalue weighted by atomic mass is 9.90. The van der Waals surface area contributed by atoms with Crippen molar-refractivity contribution in [2.45, 2.75) is 73.0 Å². The summed E-state index contributed by atoms with van der Waals surface area (Å²) >= 11 is 0. The van der Waals surface area contributed by atoms with Crippen LogP contribution in [0, 0.1) is 12.8 Å². The minimum absolute atomic E-state index is 0.0965. The average Bonchev–Trinajstić information content (AvgIpc) is 2.79. The minimum Gasteiger partial charge on any atom is -0.481 e. The standard InChI is InChI=1S/C31H38N2O4/c1-20(2)17-27-25(19-32-30(36)37-31(4,5)6)29(23-14-11-21(3)12-15-23)24-18-22(13-16-26(24)33-27)9-7-8-10-28(34)35/h7,9,11-16,18,20H,8,10,17,19H2,1-6H3,(H,32,36)(H,34,35)/b9-7-. The summed E-state index contributed by atoms with van der Waals surface area (Å²) in [6.07, 6.45) is 4.70. The fraction of sp³-hybridized carbons (Fsp3) is 0.387. The summed E-state index contributed by atoms with van der Waals surface area (Å²) in [6.45, 7) is 12.2. The van der Waals surface area contributed by atoms with Gasteiger partial charge in [0.2, 0.25) is 0 Å². The highest BCUT2D eigenvalue weighted by atomic mass is 16.6. The Kier molecular flexibility index (Phi) is 9.09. The molecule has 1 amide bonds. The largest absolute Gasteiger partial charge is 0.481 e. The number of alkyl carbamates (subject to hydrolysis) is 1. The number of carbonyl (C=O) groups is 2. The number of nitrogens with one attached hydrogen (secondary N) is 1. The Morgan fingerprint density at radius 3 is 2.43 bits per heavy atom. The number of ether oxygens (including phenoxy) is 1. The van der Waals surface area contributed by atoms with E-state index in [-0.39, 0.29) is 6.42 Å². The van der Waals surface area contributed by atoms with Crippen LogP contribution in [0.15, 0.2) is 48.5 Å². The lowest BCUT2D eigenvalue weighted by molar-refractivity contribution is -0.136. The van der Waals surface area contributed by atoms with Crippen molar-refractivity contribution in [2.24, 2.45) is 5.92 Å². The van der Waals surface area contributed by atoms with Crippen LogP contribution in [0.25, 0.3) is 28.1 Å². The van der Waals surface area contributed by atoms with Crippen LogP contribution in [0.4, 0.5) is 4.79 Å². The summed E-state index contributed by atoms with van der Waals surface area (Å²) in [5.74, 6) is -0.429. The second-order valence-electron chi connectivity index (χ2n) is 10.8. The minimum atomic E-state index is -0.811. The van der Waals surface area contributed by atoms with Crippen LogP contribution >= 0.6 is 0 Å². The lowest BCUT2D eigenvalue weighted by Crippen LogP contribution is -2.32. The van der Waals surface area contributed by atoms with E-state index in [1.807, 2.05) is 45.1 Å². The molecule has 6 heteroatoms. The molecule has 3 rings (SSSR count). The predicted molar refractivity (Wildman–Crippen MR) is 149 cm³/mol. The molecule has 0 unspecified atom stereocenters. The normalized spacial score (nSPS) is 11.9. The van der Waals surface area contributed by atoms with Gasteiger partial charge in [-0.25, -0.2) is 4.79 Å². The summed E-state index contributed by atoms with van der Waals surface area (Å²) in [6, 6.07) is 14.5. The van der Waals surface area contributed by atoms with E-state index in [1.165, 1.54) is 5.56 Å². The van der Waals surface area contributed by atoms with Gasteiger partial charge in [0.15, 0.2) is 0 Å². The summed E-state index contributed by atoms with van der Waals surface area (Å²) in [7, 11) is 0. The average molecular weight is 503 g/mol. The first-order valence-electron chi connectivity index (χ1n) is 12.8. The van der Waals surface area contributed by atoms with Crippen molar-refractivity contribution >= 4 is 29.0 Å². The molecule has 1 aromatic heterocycles. The fourth-order valence-corrected chi connectivity index (χ4v) is 4.17. The zero-order valence-corrected chi connectivity index (χ0v) is 22.7. The Balaban J connectivity index is 2.16. The molecule has 0 saturated heterocycles. The quantitative estimate of drug-likeness (QED) is 0.320. The van der Waals surface area contributed by atoms with Gasteiger partial charge in [-0.2, -0.15) is 0 Å². The van der Waals surface area contributed by atoms with Crippen molar-refractivity contribution in [3.8, 4) is 11.1 Å². The Bertz CT molecular complexity index is 1290. The number of aryl methyl sites for hydroxylation is 1. The predicted octanol–water partition coefficient (Wildman–Crippen LogP) is 7.31. The van der Waals surface area contributed by atoms with E-state index in [0.29, 0.717) is 18.9 Å². The van der Waals surface area contributed by atoms with Gasteiger partial charge in [-0.05, 0) is 75.3 Å². The van der Waals surface area contributed by atoms with Gasteiger partial charge in [-0.3, -0.25) is 9.78 Å². The van der Waals surface area contributed by atoms with E-state index in [9.17, 15) is 9.59 Å². The molecule has 1 heterocycles. The number of aliphatic carboxylic acids is 1. The highest BCUT2D eigenvalue weighted by molar-refractivity contribution is 5.98. The first kappa shape index (κ1) is 27.9. The van der Waals surface area contributed by atoms with Crippen molar-refractivity contribution in [1.29, 1.82) is 0 Å². The number of carbonyl (C=O) groups excluding carboxylic acids is 1. The molecule has 0 fully saturated rings. The number of fused-ring (bicyclic) bond motifs is 1. The number of carboxylic acids is 1. The van der Waals surface area contributed by atoms with Crippen molar-refractivity contribution in [2.75, 3.05) is 0 Å². The topological polar surface area (TPSA) is 88.5 Å². The number of nitrogens with zero attached hydrogens (tertiary/aromatic N) is 1. The first-order chi connectivity index (χ1) is 17.4. The number of pyridine rings is 1. The molecule has 2 aromatic carbocycles. The maximum Gasteiger partial charge on any atom is 0.407 e. The molecule has 0 aliphatic rings. The van der Waals surface area contributed by atoms with Crippen molar-refractivity contribution in [3.05, 3.63) is 70.9 Å². The number of amides is 1.